The third-order valence-corrected chi connectivity index (χ3v) is 2.25. The second-order valence-electron chi connectivity index (χ2n) is 3.92. The molecule has 0 aliphatic rings. The number of hydrogen-bond acceptors (Lipinski definition) is 6. The van der Waals surface area contributed by atoms with Gasteiger partial charge in [-0.15, -0.1) is 0 Å². The average molecular weight is 244 g/mol. The van der Waals surface area contributed by atoms with Gasteiger partial charge in [-0.3, -0.25) is 4.98 Å². The normalized spacial score (nSPS) is 10.2. The lowest BCUT2D eigenvalue weighted by atomic mass is 10.3. The van der Waals surface area contributed by atoms with E-state index in [1.54, 1.807) is 6.20 Å². The second-order valence-corrected chi connectivity index (χ2v) is 3.92. The van der Waals surface area contributed by atoms with Gasteiger partial charge in [-0.2, -0.15) is 15.0 Å². The van der Waals surface area contributed by atoms with Crippen molar-refractivity contribution >= 4 is 11.9 Å². The smallest absolute Gasteiger partial charge is 0.230 e. The molecule has 0 amide bonds. The van der Waals surface area contributed by atoms with Gasteiger partial charge < -0.3 is 10.2 Å². The molecule has 6 heteroatoms. The summed E-state index contributed by atoms with van der Waals surface area (Å²) >= 11 is 0. The molecule has 0 aliphatic heterocycles. The number of aromatic nitrogens is 4. The topological polar surface area (TPSA) is 66.8 Å². The van der Waals surface area contributed by atoms with Gasteiger partial charge in [0.2, 0.25) is 11.9 Å². The van der Waals surface area contributed by atoms with E-state index in [1.165, 1.54) is 0 Å². The van der Waals surface area contributed by atoms with E-state index < -0.39 is 0 Å². The van der Waals surface area contributed by atoms with Gasteiger partial charge in [0, 0.05) is 26.8 Å². The van der Waals surface area contributed by atoms with Crippen molar-refractivity contribution in [2.75, 3.05) is 30.9 Å². The predicted octanol–water partition coefficient (Wildman–Crippen LogP) is 1.43. The maximum Gasteiger partial charge on any atom is 0.230 e. The maximum absolute atomic E-state index is 4.39. The summed E-state index contributed by atoms with van der Waals surface area (Å²) in [6.45, 7) is 2.76. The fourth-order valence-electron chi connectivity index (χ4n) is 1.41. The van der Waals surface area contributed by atoms with Crippen molar-refractivity contribution in [3.63, 3.8) is 0 Å². The largest absolute Gasteiger partial charge is 0.354 e. The minimum atomic E-state index is 0.567. The molecule has 0 atom stereocenters. The molecule has 0 fully saturated rings. The van der Waals surface area contributed by atoms with E-state index in [1.807, 2.05) is 44.1 Å². The molecule has 6 nitrogen and oxygen atoms in total. The molecule has 2 heterocycles. The highest BCUT2D eigenvalue weighted by Crippen LogP contribution is 2.16. The summed E-state index contributed by atoms with van der Waals surface area (Å²) in [7, 11) is 3.79. The van der Waals surface area contributed by atoms with Crippen LogP contribution in [0.4, 0.5) is 11.9 Å². The third-order valence-electron chi connectivity index (χ3n) is 2.25. The summed E-state index contributed by atoms with van der Waals surface area (Å²) in [6, 6.07) is 5.65. The first-order valence-electron chi connectivity index (χ1n) is 5.79. The van der Waals surface area contributed by atoms with E-state index in [0.29, 0.717) is 17.7 Å². The Hall–Kier alpha value is -2.24. The maximum atomic E-state index is 4.39. The van der Waals surface area contributed by atoms with Crippen molar-refractivity contribution in [1.29, 1.82) is 0 Å². The first-order chi connectivity index (χ1) is 8.70. The zero-order valence-corrected chi connectivity index (χ0v) is 10.8. The molecule has 1 N–H and O–H groups in total. The summed E-state index contributed by atoms with van der Waals surface area (Å²) in [5, 5.41) is 3.10. The number of nitrogens with zero attached hydrogens (tertiary/aromatic N) is 5. The lowest BCUT2D eigenvalue weighted by molar-refractivity contribution is 0.949. The van der Waals surface area contributed by atoms with Gasteiger partial charge >= 0.3 is 0 Å². The van der Waals surface area contributed by atoms with Crippen molar-refractivity contribution < 1.29 is 0 Å². The van der Waals surface area contributed by atoms with Gasteiger partial charge in [-0.05, 0) is 19.1 Å². The van der Waals surface area contributed by atoms with Gasteiger partial charge in [0.25, 0.3) is 0 Å². The van der Waals surface area contributed by atoms with Crippen LogP contribution in [-0.2, 0) is 0 Å². The predicted molar refractivity (Wildman–Crippen MR) is 71.5 cm³/mol. The van der Waals surface area contributed by atoms with Crippen LogP contribution in [0.1, 0.15) is 6.92 Å². The van der Waals surface area contributed by atoms with E-state index in [-0.39, 0.29) is 0 Å². The fourth-order valence-corrected chi connectivity index (χ4v) is 1.41. The number of hydrogen-bond donors (Lipinski definition) is 1. The molecular weight excluding hydrogens is 228 g/mol. The van der Waals surface area contributed by atoms with Gasteiger partial charge in [0.05, 0.1) is 0 Å². The average Bonchev–Trinajstić information content (AvgIpc) is 2.40. The van der Waals surface area contributed by atoms with E-state index in [4.69, 9.17) is 0 Å². The van der Waals surface area contributed by atoms with Crippen LogP contribution in [-0.4, -0.2) is 40.6 Å². The lowest BCUT2D eigenvalue weighted by Gasteiger charge is -2.12. The highest BCUT2D eigenvalue weighted by Gasteiger charge is 2.09. The summed E-state index contributed by atoms with van der Waals surface area (Å²) in [4.78, 5) is 19.1. The molecule has 0 saturated heterocycles. The number of nitrogens with one attached hydrogen (secondary N) is 1. The second kappa shape index (κ2) is 5.39. The summed E-state index contributed by atoms with van der Waals surface area (Å²) in [6.07, 6.45) is 1.72. The Balaban J connectivity index is 2.46. The van der Waals surface area contributed by atoms with Crippen molar-refractivity contribution in [1.82, 2.24) is 19.9 Å². The van der Waals surface area contributed by atoms with Gasteiger partial charge in [0.15, 0.2) is 5.82 Å². The van der Waals surface area contributed by atoms with Crippen LogP contribution in [0, 0.1) is 0 Å². The molecule has 0 spiro atoms. The van der Waals surface area contributed by atoms with Crippen LogP contribution in [0.15, 0.2) is 24.4 Å². The van der Waals surface area contributed by atoms with Crippen LogP contribution in [0.3, 0.4) is 0 Å². The number of pyridine rings is 1. The highest BCUT2D eigenvalue weighted by molar-refractivity contribution is 5.53. The molecule has 94 valence electrons. The SMILES string of the molecule is CCNc1nc(-c2ccccn2)nc(N(C)C)n1. The van der Waals surface area contributed by atoms with Gasteiger partial charge in [0.1, 0.15) is 5.69 Å². The van der Waals surface area contributed by atoms with E-state index >= 15 is 0 Å². The Morgan fingerprint density at radius 3 is 2.61 bits per heavy atom. The Morgan fingerprint density at radius 2 is 2.00 bits per heavy atom. The van der Waals surface area contributed by atoms with Crippen molar-refractivity contribution in [3.05, 3.63) is 24.4 Å². The fraction of sp³-hybridized carbons (Fsp3) is 0.333. The van der Waals surface area contributed by atoms with Crippen LogP contribution < -0.4 is 10.2 Å². The van der Waals surface area contributed by atoms with Gasteiger partial charge in [-0.1, -0.05) is 6.07 Å². The van der Waals surface area contributed by atoms with E-state index in [0.717, 1.165) is 12.2 Å². The molecular formula is C12H16N6. The highest BCUT2D eigenvalue weighted by atomic mass is 15.3. The van der Waals surface area contributed by atoms with Crippen molar-refractivity contribution in [3.8, 4) is 11.5 Å². The summed E-state index contributed by atoms with van der Waals surface area (Å²) in [5.41, 5.74) is 0.738. The first-order valence-corrected chi connectivity index (χ1v) is 5.79. The van der Waals surface area contributed by atoms with Crippen LogP contribution in [0.25, 0.3) is 11.5 Å². The molecule has 0 saturated carbocycles. The number of rotatable bonds is 4. The molecule has 18 heavy (non-hydrogen) atoms. The van der Waals surface area contributed by atoms with Crippen LogP contribution in [0.5, 0.6) is 0 Å². The quantitative estimate of drug-likeness (QED) is 0.877. The molecule has 2 rings (SSSR count). The monoisotopic (exact) mass is 244 g/mol. The molecule has 0 unspecified atom stereocenters. The Kier molecular flexibility index (Phi) is 3.66. The van der Waals surface area contributed by atoms with Gasteiger partial charge in [-0.25, -0.2) is 0 Å². The van der Waals surface area contributed by atoms with Crippen LogP contribution in [0.2, 0.25) is 0 Å². The molecule has 0 radical (unpaired) electrons. The molecule has 0 aliphatic carbocycles. The minimum absolute atomic E-state index is 0.567. The summed E-state index contributed by atoms with van der Waals surface area (Å²) in [5.74, 6) is 1.75. The number of anilines is 2. The molecule has 0 bridgehead atoms. The van der Waals surface area contributed by atoms with Crippen molar-refractivity contribution in [2.24, 2.45) is 0 Å². The first kappa shape index (κ1) is 12.2. The standard InChI is InChI=1S/C12H16N6/c1-4-13-11-15-10(9-7-5-6-8-14-9)16-12(17-11)18(2)3/h5-8H,4H2,1-3H3,(H,13,15,16,17). The Bertz CT molecular complexity index is 511. The zero-order valence-electron chi connectivity index (χ0n) is 10.8. The van der Waals surface area contributed by atoms with E-state index in [9.17, 15) is 0 Å². The molecule has 2 aromatic rings. The molecule has 2 aromatic heterocycles. The minimum Gasteiger partial charge on any atom is -0.354 e. The Labute approximate surface area is 106 Å². The third kappa shape index (κ3) is 2.71. The Morgan fingerprint density at radius 1 is 1.17 bits per heavy atom. The van der Waals surface area contributed by atoms with Crippen molar-refractivity contribution in [2.45, 2.75) is 6.92 Å². The zero-order chi connectivity index (χ0) is 13.0. The van der Waals surface area contributed by atoms with E-state index in [2.05, 4.69) is 25.3 Å². The molecule has 0 aromatic carbocycles. The van der Waals surface area contributed by atoms with Crippen LogP contribution >= 0.6 is 0 Å². The lowest BCUT2D eigenvalue weighted by Crippen LogP contribution is -2.16. The summed E-state index contributed by atoms with van der Waals surface area (Å²) < 4.78 is 0.